The average Bonchev–Trinajstić information content (AvgIpc) is 3.31. The molecule has 0 radical (unpaired) electrons. The maximum Gasteiger partial charge on any atom is 0.274 e. The molecular weight excluding hydrogens is 366 g/mol. The summed E-state index contributed by atoms with van der Waals surface area (Å²) in [5.41, 5.74) is 2.55. The number of rotatable bonds is 7. The minimum Gasteiger partial charge on any atom is -0.273 e. The smallest absolute Gasteiger partial charge is 0.273 e. The Bertz CT molecular complexity index is 943. The monoisotopic (exact) mass is 389 g/mol. The molecule has 0 aliphatic heterocycles. The van der Waals surface area contributed by atoms with Crippen molar-refractivity contribution in [1.82, 2.24) is 9.78 Å². The second-order valence-electron chi connectivity index (χ2n) is 6.35. The standard InChI is InChI=1S/C19H23N3O2S2/c1-4-21-12-11-17(20-21)14-22(26(23,24)19-6-5-13-25-19)18-9-7-16(8-10-18)15(2)3/h5-13,15H,4,14H2,1-3H3. The van der Waals surface area contributed by atoms with Crippen LogP contribution in [0.4, 0.5) is 5.69 Å². The van der Waals surface area contributed by atoms with Gasteiger partial charge in [0.05, 0.1) is 17.9 Å². The summed E-state index contributed by atoms with van der Waals surface area (Å²) >= 11 is 1.23. The summed E-state index contributed by atoms with van der Waals surface area (Å²) in [6, 6.07) is 13.0. The van der Waals surface area contributed by atoms with Crippen molar-refractivity contribution in [2.24, 2.45) is 0 Å². The molecule has 26 heavy (non-hydrogen) atoms. The molecule has 0 saturated heterocycles. The van der Waals surface area contributed by atoms with E-state index in [2.05, 4.69) is 18.9 Å². The van der Waals surface area contributed by atoms with Crippen molar-refractivity contribution in [2.75, 3.05) is 4.31 Å². The molecule has 2 aromatic heterocycles. The van der Waals surface area contributed by atoms with Crippen LogP contribution in [-0.2, 0) is 23.1 Å². The zero-order valence-corrected chi connectivity index (χ0v) is 16.8. The minimum atomic E-state index is -3.64. The lowest BCUT2D eigenvalue weighted by Gasteiger charge is -2.23. The van der Waals surface area contributed by atoms with E-state index in [0.29, 0.717) is 15.8 Å². The lowest BCUT2D eigenvalue weighted by molar-refractivity contribution is 0.590. The first-order chi connectivity index (χ1) is 12.4. The zero-order valence-electron chi connectivity index (χ0n) is 15.2. The summed E-state index contributed by atoms with van der Waals surface area (Å²) in [6.45, 7) is 7.19. The van der Waals surface area contributed by atoms with Gasteiger partial charge in [0.25, 0.3) is 10.0 Å². The predicted octanol–water partition coefficient (Wildman–Crippen LogP) is 4.48. The predicted molar refractivity (Wildman–Crippen MR) is 106 cm³/mol. The third-order valence-electron chi connectivity index (χ3n) is 4.21. The lowest BCUT2D eigenvalue weighted by Crippen LogP contribution is -2.30. The number of thiophene rings is 1. The molecule has 5 nitrogen and oxygen atoms in total. The number of sulfonamides is 1. The molecule has 1 aromatic carbocycles. The lowest BCUT2D eigenvalue weighted by atomic mass is 10.0. The minimum absolute atomic E-state index is 0.203. The fraction of sp³-hybridized carbons (Fsp3) is 0.316. The molecule has 0 bridgehead atoms. The molecule has 0 unspecified atom stereocenters. The van der Waals surface area contributed by atoms with Crippen molar-refractivity contribution >= 4 is 27.0 Å². The topological polar surface area (TPSA) is 55.2 Å². The summed E-state index contributed by atoms with van der Waals surface area (Å²) < 4.78 is 30.0. The van der Waals surface area contributed by atoms with E-state index in [1.165, 1.54) is 21.2 Å². The fourth-order valence-corrected chi connectivity index (χ4v) is 5.21. The van der Waals surface area contributed by atoms with E-state index < -0.39 is 10.0 Å². The van der Waals surface area contributed by atoms with Crippen LogP contribution in [0.1, 0.15) is 37.9 Å². The van der Waals surface area contributed by atoms with Gasteiger partial charge in [0.2, 0.25) is 0 Å². The molecular formula is C19H23N3O2S2. The van der Waals surface area contributed by atoms with Gasteiger partial charge in [-0.15, -0.1) is 11.3 Å². The van der Waals surface area contributed by atoms with Crippen LogP contribution in [0.2, 0.25) is 0 Å². The van der Waals surface area contributed by atoms with Gasteiger partial charge in [-0.3, -0.25) is 8.99 Å². The highest BCUT2D eigenvalue weighted by atomic mass is 32.2. The zero-order chi connectivity index (χ0) is 18.7. The normalized spacial score (nSPS) is 11.8. The molecule has 3 aromatic rings. The molecule has 0 N–H and O–H groups in total. The van der Waals surface area contributed by atoms with Crippen LogP contribution < -0.4 is 4.31 Å². The number of hydrogen-bond donors (Lipinski definition) is 0. The third-order valence-corrected chi connectivity index (χ3v) is 7.36. The number of benzene rings is 1. The summed E-state index contributed by atoms with van der Waals surface area (Å²) in [5, 5.41) is 6.23. The molecule has 0 aliphatic rings. The Kier molecular flexibility index (Phi) is 5.48. The van der Waals surface area contributed by atoms with Gasteiger partial charge >= 0.3 is 0 Å². The van der Waals surface area contributed by atoms with Gasteiger partial charge in [-0.25, -0.2) is 8.42 Å². The number of aryl methyl sites for hydroxylation is 1. The summed E-state index contributed by atoms with van der Waals surface area (Å²) in [4.78, 5) is 0. The van der Waals surface area contributed by atoms with Crippen LogP contribution in [0, 0.1) is 0 Å². The van der Waals surface area contributed by atoms with Gasteiger partial charge in [-0.05, 0) is 48.1 Å². The first-order valence-corrected chi connectivity index (χ1v) is 10.9. The van der Waals surface area contributed by atoms with Crippen molar-refractivity contribution in [1.29, 1.82) is 0 Å². The SMILES string of the molecule is CCn1ccc(CN(c2ccc(C(C)C)cc2)S(=O)(=O)c2cccs2)n1. The highest BCUT2D eigenvalue weighted by Gasteiger charge is 2.27. The molecule has 138 valence electrons. The molecule has 0 aliphatic carbocycles. The second-order valence-corrected chi connectivity index (χ2v) is 9.39. The van der Waals surface area contributed by atoms with Crippen molar-refractivity contribution in [3.63, 3.8) is 0 Å². The maximum absolute atomic E-state index is 13.2. The number of aromatic nitrogens is 2. The highest BCUT2D eigenvalue weighted by Crippen LogP contribution is 2.29. The molecule has 0 saturated carbocycles. The van der Waals surface area contributed by atoms with E-state index in [9.17, 15) is 8.42 Å². The number of hydrogen-bond acceptors (Lipinski definition) is 4. The van der Waals surface area contributed by atoms with E-state index >= 15 is 0 Å². The van der Waals surface area contributed by atoms with Crippen molar-refractivity contribution in [3.05, 3.63) is 65.3 Å². The van der Waals surface area contributed by atoms with E-state index in [1.807, 2.05) is 43.5 Å². The molecule has 2 heterocycles. The van der Waals surface area contributed by atoms with Crippen LogP contribution in [0.25, 0.3) is 0 Å². The summed E-state index contributed by atoms with van der Waals surface area (Å²) in [5.74, 6) is 0.395. The van der Waals surface area contributed by atoms with Gasteiger partial charge in [-0.2, -0.15) is 5.10 Å². The Morgan fingerprint density at radius 1 is 1.15 bits per heavy atom. The largest absolute Gasteiger partial charge is 0.274 e. The van der Waals surface area contributed by atoms with Crippen molar-refractivity contribution < 1.29 is 8.42 Å². The first-order valence-electron chi connectivity index (χ1n) is 8.60. The van der Waals surface area contributed by atoms with Gasteiger partial charge in [0.1, 0.15) is 4.21 Å². The Balaban J connectivity index is 2.00. The molecule has 0 atom stereocenters. The molecule has 0 spiro atoms. The Hall–Kier alpha value is -2.12. The van der Waals surface area contributed by atoms with E-state index in [-0.39, 0.29) is 6.54 Å². The van der Waals surface area contributed by atoms with Crippen LogP contribution >= 0.6 is 11.3 Å². The number of nitrogens with zero attached hydrogens (tertiary/aromatic N) is 3. The van der Waals surface area contributed by atoms with Crippen LogP contribution in [0.15, 0.2) is 58.3 Å². The van der Waals surface area contributed by atoms with E-state index in [4.69, 9.17) is 0 Å². The Morgan fingerprint density at radius 2 is 1.88 bits per heavy atom. The van der Waals surface area contributed by atoms with Gasteiger partial charge in [-0.1, -0.05) is 32.0 Å². The quantitative estimate of drug-likeness (QED) is 0.598. The van der Waals surface area contributed by atoms with Gasteiger partial charge < -0.3 is 0 Å². The van der Waals surface area contributed by atoms with Crippen molar-refractivity contribution in [2.45, 2.75) is 44.0 Å². The van der Waals surface area contributed by atoms with Crippen molar-refractivity contribution in [3.8, 4) is 0 Å². The van der Waals surface area contributed by atoms with Crippen LogP contribution in [-0.4, -0.2) is 18.2 Å². The molecule has 0 amide bonds. The Labute approximate surface area is 159 Å². The van der Waals surface area contributed by atoms with Crippen LogP contribution in [0.3, 0.4) is 0 Å². The molecule has 3 rings (SSSR count). The Morgan fingerprint density at radius 3 is 2.42 bits per heavy atom. The van der Waals surface area contributed by atoms with E-state index in [0.717, 1.165) is 12.2 Å². The maximum atomic E-state index is 13.2. The van der Waals surface area contributed by atoms with Gasteiger partial charge in [0.15, 0.2) is 0 Å². The third kappa shape index (κ3) is 3.83. The fourth-order valence-electron chi connectivity index (χ4n) is 2.67. The average molecular weight is 390 g/mol. The highest BCUT2D eigenvalue weighted by molar-refractivity contribution is 7.94. The first kappa shape index (κ1) is 18.7. The summed E-state index contributed by atoms with van der Waals surface area (Å²) in [7, 11) is -3.64. The molecule has 0 fully saturated rings. The van der Waals surface area contributed by atoms with E-state index in [1.54, 1.807) is 22.2 Å². The second kappa shape index (κ2) is 7.63. The van der Waals surface area contributed by atoms with Gasteiger partial charge in [0, 0.05) is 12.7 Å². The molecule has 7 heteroatoms. The van der Waals surface area contributed by atoms with Crippen LogP contribution in [0.5, 0.6) is 0 Å². The number of anilines is 1. The summed E-state index contributed by atoms with van der Waals surface area (Å²) in [6.07, 6.45) is 1.87.